The molecule has 0 spiro atoms. The molecule has 0 saturated heterocycles. The zero-order valence-corrected chi connectivity index (χ0v) is 14.7. The highest BCUT2D eigenvalue weighted by Crippen LogP contribution is 2.17. The number of carbonyl (C=O) groups is 2. The summed E-state index contributed by atoms with van der Waals surface area (Å²) >= 11 is 0. The predicted octanol–water partition coefficient (Wildman–Crippen LogP) is 1.05. The molecule has 1 aromatic carbocycles. The van der Waals surface area contributed by atoms with E-state index in [1.54, 1.807) is 0 Å². The van der Waals surface area contributed by atoms with Gasteiger partial charge in [0.05, 0.1) is 4.90 Å². The highest BCUT2D eigenvalue weighted by Gasteiger charge is 2.24. The SMILES string of the molecule is CN(CC(=O)OCC(=O)NC1CCCC1)S(=O)(=O)c1ccc(F)cc1. The van der Waals surface area contributed by atoms with Crippen molar-refractivity contribution in [3.63, 3.8) is 0 Å². The Morgan fingerprint density at radius 3 is 2.44 bits per heavy atom. The van der Waals surface area contributed by atoms with Crippen LogP contribution in [0.15, 0.2) is 29.2 Å². The molecule has 0 aliphatic heterocycles. The summed E-state index contributed by atoms with van der Waals surface area (Å²) in [4.78, 5) is 23.3. The summed E-state index contributed by atoms with van der Waals surface area (Å²) in [5.74, 6) is -1.80. The van der Waals surface area contributed by atoms with Gasteiger partial charge in [-0.2, -0.15) is 4.31 Å². The lowest BCUT2D eigenvalue weighted by atomic mass is 10.2. The van der Waals surface area contributed by atoms with E-state index in [-0.39, 0.29) is 10.9 Å². The summed E-state index contributed by atoms with van der Waals surface area (Å²) in [6, 6.07) is 4.38. The lowest BCUT2D eigenvalue weighted by molar-refractivity contribution is -0.148. The van der Waals surface area contributed by atoms with E-state index in [1.165, 1.54) is 7.05 Å². The average molecular weight is 372 g/mol. The highest BCUT2D eigenvalue weighted by atomic mass is 32.2. The molecule has 0 heterocycles. The summed E-state index contributed by atoms with van der Waals surface area (Å²) in [5.41, 5.74) is 0. The normalized spacial score (nSPS) is 15.3. The summed E-state index contributed by atoms with van der Waals surface area (Å²) in [5, 5.41) is 2.77. The molecule has 9 heteroatoms. The van der Waals surface area contributed by atoms with E-state index in [1.807, 2.05) is 0 Å². The number of carbonyl (C=O) groups excluding carboxylic acids is 2. The number of benzene rings is 1. The Bertz CT molecular complexity index is 715. The third-order valence-corrected chi connectivity index (χ3v) is 5.78. The van der Waals surface area contributed by atoms with Crippen molar-refractivity contribution in [1.82, 2.24) is 9.62 Å². The van der Waals surface area contributed by atoms with E-state index in [9.17, 15) is 22.4 Å². The first-order valence-corrected chi connectivity index (χ1v) is 9.40. The molecule has 0 atom stereocenters. The maximum Gasteiger partial charge on any atom is 0.321 e. The van der Waals surface area contributed by atoms with Gasteiger partial charge in [-0.1, -0.05) is 12.8 Å². The van der Waals surface area contributed by atoms with Crippen LogP contribution in [0.4, 0.5) is 4.39 Å². The van der Waals surface area contributed by atoms with E-state index in [2.05, 4.69) is 5.32 Å². The Hall–Kier alpha value is -2.00. The van der Waals surface area contributed by atoms with Crippen LogP contribution in [0.5, 0.6) is 0 Å². The summed E-state index contributed by atoms with van der Waals surface area (Å²) in [7, 11) is -2.74. The summed E-state index contributed by atoms with van der Waals surface area (Å²) < 4.78 is 43.0. The molecule has 1 N–H and O–H groups in total. The smallest absolute Gasteiger partial charge is 0.321 e. The van der Waals surface area contributed by atoms with Crippen LogP contribution in [-0.4, -0.2) is 50.8 Å². The maximum absolute atomic E-state index is 12.9. The molecular weight excluding hydrogens is 351 g/mol. The minimum atomic E-state index is -3.94. The monoisotopic (exact) mass is 372 g/mol. The number of esters is 1. The van der Waals surface area contributed by atoms with Crippen molar-refractivity contribution in [2.75, 3.05) is 20.2 Å². The van der Waals surface area contributed by atoms with Crippen molar-refractivity contribution in [1.29, 1.82) is 0 Å². The van der Waals surface area contributed by atoms with Crippen molar-refractivity contribution in [3.8, 4) is 0 Å². The zero-order chi connectivity index (χ0) is 18.4. The molecule has 1 fully saturated rings. The Morgan fingerprint density at radius 1 is 1.24 bits per heavy atom. The average Bonchev–Trinajstić information content (AvgIpc) is 3.06. The van der Waals surface area contributed by atoms with Crippen LogP contribution < -0.4 is 5.32 Å². The standard InChI is InChI=1S/C16H21FN2O5S/c1-19(25(22,23)14-8-6-12(17)7-9-14)10-16(21)24-11-15(20)18-13-4-2-3-5-13/h6-9,13H,2-5,10-11H2,1H3,(H,18,20). The number of likely N-dealkylation sites (N-methyl/N-ethyl adjacent to an activating group) is 1. The number of amides is 1. The van der Waals surface area contributed by atoms with Gasteiger partial charge in [0.25, 0.3) is 5.91 Å². The third kappa shape index (κ3) is 5.50. The maximum atomic E-state index is 12.9. The van der Waals surface area contributed by atoms with Crippen LogP contribution in [0.1, 0.15) is 25.7 Å². The Balaban J connectivity index is 1.82. The minimum Gasteiger partial charge on any atom is -0.455 e. The van der Waals surface area contributed by atoms with Crippen LogP contribution in [0.25, 0.3) is 0 Å². The zero-order valence-electron chi connectivity index (χ0n) is 13.9. The number of nitrogens with one attached hydrogen (secondary N) is 1. The second-order valence-electron chi connectivity index (χ2n) is 5.92. The number of sulfonamides is 1. The molecule has 2 rings (SSSR count). The number of ether oxygens (including phenoxy) is 1. The van der Waals surface area contributed by atoms with Gasteiger partial charge < -0.3 is 10.1 Å². The van der Waals surface area contributed by atoms with Crippen molar-refractivity contribution in [2.24, 2.45) is 0 Å². The van der Waals surface area contributed by atoms with Gasteiger partial charge in [-0.05, 0) is 37.1 Å². The molecule has 0 unspecified atom stereocenters. The van der Waals surface area contributed by atoms with Crippen LogP contribution in [0.2, 0.25) is 0 Å². The van der Waals surface area contributed by atoms with Crippen molar-refractivity contribution in [3.05, 3.63) is 30.1 Å². The molecule has 1 aliphatic rings. The van der Waals surface area contributed by atoms with Crippen molar-refractivity contribution < 1.29 is 27.1 Å². The molecule has 7 nitrogen and oxygen atoms in total. The first kappa shape index (κ1) is 19.3. The molecule has 25 heavy (non-hydrogen) atoms. The Labute approximate surface area is 146 Å². The number of hydrogen-bond donors (Lipinski definition) is 1. The first-order valence-electron chi connectivity index (χ1n) is 7.96. The Morgan fingerprint density at radius 2 is 1.84 bits per heavy atom. The van der Waals surface area contributed by atoms with E-state index in [0.717, 1.165) is 54.3 Å². The van der Waals surface area contributed by atoms with E-state index in [0.29, 0.717) is 0 Å². The van der Waals surface area contributed by atoms with Crippen LogP contribution in [0.3, 0.4) is 0 Å². The Kier molecular flexibility index (Phi) is 6.49. The van der Waals surface area contributed by atoms with Crippen molar-refractivity contribution >= 4 is 21.9 Å². The molecule has 0 radical (unpaired) electrons. The highest BCUT2D eigenvalue weighted by molar-refractivity contribution is 7.89. The molecule has 1 saturated carbocycles. The summed E-state index contributed by atoms with van der Waals surface area (Å²) in [6.45, 7) is -0.990. The quantitative estimate of drug-likeness (QED) is 0.722. The minimum absolute atomic E-state index is 0.118. The summed E-state index contributed by atoms with van der Waals surface area (Å²) in [6.07, 6.45) is 3.96. The van der Waals surface area contributed by atoms with Gasteiger partial charge >= 0.3 is 5.97 Å². The van der Waals surface area contributed by atoms with E-state index in [4.69, 9.17) is 4.74 Å². The number of halogens is 1. The largest absolute Gasteiger partial charge is 0.455 e. The molecule has 1 aromatic rings. The van der Waals surface area contributed by atoms with Crippen LogP contribution in [-0.2, 0) is 24.3 Å². The van der Waals surface area contributed by atoms with Gasteiger partial charge in [-0.25, -0.2) is 12.8 Å². The van der Waals surface area contributed by atoms with Gasteiger partial charge in [-0.3, -0.25) is 9.59 Å². The molecular formula is C16H21FN2O5S. The molecule has 0 aromatic heterocycles. The fourth-order valence-corrected chi connectivity index (χ4v) is 3.70. The fraction of sp³-hybridized carbons (Fsp3) is 0.500. The number of hydrogen-bond acceptors (Lipinski definition) is 5. The lowest BCUT2D eigenvalue weighted by Crippen LogP contribution is -2.38. The molecule has 0 bridgehead atoms. The first-order chi connectivity index (χ1) is 11.8. The number of rotatable bonds is 7. The molecule has 1 aliphatic carbocycles. The fourth-order valence-electron chi connectivity index (χ4n) is 2.58. The van der Waals surface area contributed by atoms with Gasteiger partial charge in [-0.15, -0.1) is 0 Å². The second-order valence-corrected chi connectivity index (χ2v) is 7.97. The van der Waals surface area contributed by atoms with E-state index < -0.39 is 40.9 Å². The topological polar surface area (TPSA) is 92.8 Å². The van der Waals surface area contributed by atoms with Crippen LogP contribution in [0, 0.1) is 5.82 Å². The lowest BCUT2D eigenvalue weighted by Gasteiger charge is -2.17. The van der Waals surface area contributed by atoms with Gasteiger partial charge in [0.15, 0.2) is 6.61 Å². The third-order valence-electron chi connectivity index (χ3n) is 3.96. The predicted molar refractivity (Wildman–Crippen MR) is 87.6 cm³/mol. The van der Waals surface area contributed by atoms with Crippen molar-refractivity contribution in [2.45, 2.75) is 36.6 Å². The van der Waals surface area contributed by atoms with Crippen LogP contribution >= 0.6 is 0 Å². The van der Waals surface area contributed by atoms with Gasteiger partial charge in [0.2, 0.25) is 10.0 Å². The van der Waals surface area contributed by atoms with Gasteiger partial charge in [0, 0.05) is 13.1 Å². The van der Waals surface area contributed by atoms with Gasteiger partial charge in [0.1, 0.15) is 12.4 Å². The molecule has 138 valence electrons. The number of nitrogens with zero attached hydrogens (tertiary/aromatic N) is 1. The van der Waals surface area contributed by atoms with E-state index >= 15 is 0 Å². The second kappa shape index (κ2) is 8.39. The molecule has 1 amide bonds.